The molecule has 1 aromatic heterocycles. The Labute approximate surface area is 158 Å². The molecule has 0 saturated carbocycles. The van der Waals surface area contributed by atoms with Gasteiger partial charge in [0, 0.05) is 28.6 Å². The van der Waals surface area contributed by atoms with Crippen LogP contribution < -0.4 is 4.90 Å². The lowest BCUT2D eigenvalue weighted by atomic mass is 9.82. The topological polar surface area (TPSA) is 16.1 Å². The normalized spacial score (nSPS) is 23.3. The Morgan fingerprint density at radius 2 is 1.84 bits per heavy atom. The van der Waals surface area contributed by atoms with E-state index < -0.39 is 0 Å². The van der Waals surface area contributed by atoms with Crippen molar-refractivity contribution in [2.75, 3.05) is 4.90 Å². The molecule has 2 aliphatic heterocycles. The van der Waals surface area contributed by atoms with Crippen molar-refractivity contribution in [1.29, 1.82) is 0 Å². The number of rotatable bonds is 2. The third-order valence-electron chi connectivity index (χ3n) is 5.53. The van der Waals surface area contributed by atoms with Crippen LogP contribution in [-0.2, 0) is 5.41 Å². The first kappa shape index (κ1) is 17.3. The molecule has 2 aliphatic rings. The zero-order valence-electron chi connectivity index (χ0n) is 15.0. The van der Waals surface area contributed by atoms with Gasteiger partial charge >= 0.3 is 0 Å². The van der Waals surface area contributed by atoms with Crippen LogP contribution in [0, 0.1) is 5.82 Å². The van der Waals surface area contributed by atoms with Crippen LogP contribution in [0.25, 0.3) is 11.3 Å². The second-order valence-electron chi connectivity index (χ2n) is 8.27. The molecule has 2 saturated heterocycles. The van der Waals surface area contributed by atoms with Crippen LogP contribution in [0.3, 0.4) is 0 Å². The maximum Gasteiger partial charge on any atom is 0.186 e. The molecule has 2 fully saturated rings. The second-order valence-corrected chi connectivity index (χ2v) is 9.52. The van der Waals surface area contributed by atoms with E-state index in [0.29, 0.717) is 17.6 Å². The summed E-state index contributed by atoms with van der Waals surface area (Å²) in [6.07, 6.45) is 6.44. The van der Waals surface area contributed by atoms with E-state index in [1.807, 2.05) is 26.8 Å². The monoisotopic (exact) mass is 378 g/mol. The number of thiazole rings is 1. The molecule has 5 heteroatoms. The third-order valence-corrected chi connectivity index (χ3v) is 6.67. The lowest BCUT2D eigenvalue weighted by Gasteiger charge is -2.34. The van der Waals surface area contributed by atoms with Gasteiger partial charge in [-0.1, -0.05) is 38.4 Å². The molecule has 0 spiro atoms. The molecule has 1 aromatic carbocycles. The molecule has 2 atom stereocenters. The fourth-order valence-corrected chi connectivity index (χ4v) is 5.56. The lowest BCUT2D eigenvalue weighted by Crippen LogP contribution is -2.39. The first-order valence-electron chi connectivity index (χ1n) is 9.09. The van der Waals surface area contributed by atoms with Crippen molar-refractivity contribution < 1.29 is 4.39 Å². The minimum Gasteiger partial charge on any atom is -0.342 e. The Balaban J connectivity index is 1.75. The van der Waals surface area contributed by atoms with Gasteiger partial charge in [0.25, 0.3) is 0 Å². The van der Waals surface area contributed by atoms with Crippen molar-refractivity contribution in [3.05, 3.63) is 33.9 Å². The maximum absolute atomic E-state index is 14.8. The van der Waals surface area contributed by atoms with Crippen molar-refractivity contribution in [3.8, 4) is 11.3 Å². The predicted octanol–water partition coefficient (Wildman–Crippen LogP) is 6.42. The summed E-state index contributed by atoms with van der Waals surface area (Å²) in [5, 5.41) is 3.34. The van der Waals surface area contributed by atoms with E-state index in [1.54, 1.807) is 17.4 Å². The van der Waals surface area contributed by atoms with Gasteiger partial charge in [0.15, 0.2) is 5.13 Å². The number of anilines is 1. The van der Waals surface area contributed by atoms with Gasteiger partial charge in [-0.3, -0.25) is 0 Å². The van der Waals surface area contributed by atoms with Crippen LogP contribution in [0.1, 0.15) is 58.4 Å². The Bertz CT molecular complexity index is 779. The summed E-state index contributed by atoms with van der Waals surface area (Å²) in [5.41, 5.74) is 2.04. The molecule has 3 heterocycles. The first-order chi connectivity index (χ1) is 11.9. The highest BCUT2D eigenvalue weighted by Crippen LogP contribution is 2.43. The average molecular weight is 379 g/mol. The van der Waals surface area contributed by atoms with E-state index in [4.69, 9.17) is 16.6 Å². The second kappa shape index (κ2) is 6.24. The fraction of sp³-hybridized carbons (Fsp3) is 0.550. The lowest BCUT2D eigenvalue weighted by molar-refractivity contribution is 0.467. The van der Waals surface area contributed by atoms with Crippen molar-refractivity contribution in [3.63, 3.8) is 0 Å². The molecule has 0 unspecified atom stereocenters. The Kier molecular flexibility index (Phi) is 4.32. The van der Waals surface area contributed by atoms with Crippen molar-refractivity contribution in [2.24, 2.45) is 0 Å². The summed E-state index contributed by atoms with van der Waals surface area (Å²) in [7, 11) is 0. The summed E-state index contributed by atoms with van der Waals surface area (Å²) in [6.45, 7) is 6.05. The molecule has 0 aliphatic carbocycles. The van der Waals surface area contributed by atoms with E-state index in [2.05, 4.69) is 10.3 Å². The van der Waals surface area contributed by atoms with Crippen LogP contribution >= 0.6 is 22.9 Å². The molecule has 134 valence electrons. The minimum absolute atomic E-state index is 0.179. The van der Waals surface area contributed by atoms with Crippen LogP contribution in [-0.4, -0.2) is 17.1 Å². The fourth-order valence-electron chi connectivity index (χ4n) is 4.43. The quantitative estimate of drug-likeness (QED) is 0.599. The van der Waals surface area contributed by atoms with Gasteiger partial charge in [-0.25, -0.2) is 9.37 Å². The number of fused-ring (bicyclic) bond motifs is 2. The first-order valence-corrected chi connectivity index (χ1v) is 10.3. The molecule has 2 nitrogen and oxygen atoms in total. The molecule has 4 rings (SSSR count). The van der Waals surface area contributed by atoms with Crippen LogP contribution in [0.15, 0.2) is 17.5 Å². The number of halogens is 2. The van der Waals surface area contributed by atoms with Crippen molar-refractivity contribution >= 4 is 28.1 Å². The van der Waals surface area contributed by atoms with Crippen LogP contribution in [0.4, 0.5) is 9.52 Å². The van der Waals surface area contributed by atoms with Gasteiger partial charge in [-0.15, -0.1) is 11.3 Å². The number of aromatic nitrogens is 1. The SMILES string of the molecule is CC(C)(C)c1c(-c2csc(N3[C@@H]4CCC[C@H]3CC4)n2)ccc(Cl)c1F. The average Bonchev–Trinajstić information content (AvgIpc) is 3.10. The molecule has 0 amide bonds. The number of hydrogen-bond acceptors (Lipinski definition) is 3. The molecular formula is C20H24ClFN2S. The van der Waals surface area contributed by atoms with E-state index in [0.717, 1.165) is 16.4 Å². The van der Waals surface area contributed by atoms with E-state index in [1.165, 1.54) is 32.1 Å². The molecule has 2 bridgehead atoms. The predicted molar refractivity (Wildman–Crippen MR) is 104 cm³/mol. The summed E-state index contributed by atoms with van der Waals surface area (Å²) in [6, 6.07) is 4.84. The maximum atomic E-state index is 14.8. The smallest absolute Gasteiger partial charge is 0.186 e. The molecule has 0 N–H and O–H groups in total. The molecule has 25 heavy (non-hydrogen) atoms. The third kappa shape index (κ3) is 2.97. The highest BCUT2D eigenvalue weighted by molar-refractivity contribution is 7.14. The van der Waals surface area contributed by atoms with Crippen LogP contribution in [0.5, 0.6) is 0 Å². The van der Waals surface area contributed by atoms with E-state index in [9.17, 15) is 4.39 Å². The number of nitrogens with zero attached hydrogens (tertiary/aromatic N) is 2. The van der Waals surface area contributed by atoms with E-state index in [-0.39, 0.29) is 16.3 Å². The summed E-state index contributed by atoms with van der Waals surface area (Å²) in [5.74, 6) is -0.320. The number of piperidine rings is 1. The largest absolute Gasteiger partial charge is 0.342 e. The van der Waals surface area contributed by atoms with Crippen molar-refractivity contribution in [2.45, 2.75) is 70.4 Å². The van der Waals surface area contributed by atoms with Crippen molar-refractivity contribution in [1.82, 2.24) is 4.98 Å². The molecule has 2 aromatic rings. The minimum atomic E-state index is -0.335. The molecule has 0 radical (unpaired) electrons. The number of benzene rings is 1. The van der Waals surface area contributed by atoms with E-state index >= 15 is 0 Å². The Hall–Kier alpha value is -1.13. The summed E-state index contributed by atoms with van der Waals surface area (Å²) >= 11 is 7.74. The summed E-state index contributed by atoms with van der Waals surface area (Å²) in [4.78, 5) is 7.45. The molecular weight excluding hydrogens is 355 g/mol. The Morgan fingerprint density at radius 3 is 2.48 bits per heavy atom. The highest BCUT2D eigenvalue weighted by atomic mass is 35.5. The summed E-state index contributed by atoms with van der Waals surface area (Å²) < 4.78 is 14.8. The standard InChI is InChI=1S/C20H24ClFN2S/c1-20(2,3)17-14(9-10-15(21)18(17)22)16-11-25-19(23-16)24-12-5-4-6-13(24)8-7-12/h9-13H,4-8H2,1-3H3/t12-,13+. The number of hydrogen-bond donors (Lipinski definition) is 0. The zero-order chi connectivity index (χ0) is 17.8. The zero-order valence-corrected chi connectivity index (χ0v) is 16.6. The van der Waals surface area contributed by atoms with Crippen LogP contribution in [0.2, 0.25) is 5.02 Å². The highest BCUT2D eigenvalue weighted by Gasteiger charge is 2.38. The Morgan fingerprint density at radius 1 is 1.16 bits per heavy atom. The van der Waals surface area contributed by atoms with Gasteiger partial charge in [-0.05, 0) is 43.6 Å². The van der Waals surface area contributed by atoms with Gasteiger partial charge in [-0.2, -0.15) is 0 Å². The van der Waals surface area contributed by atoms with Gasteiger partial charge in [0.2, 0.25) is 0 Å². The van der Waals surface area contributed by atoms with Gasteiger partial charge in [0.1, 0.15) is 5.82 Å². The van der Waals surface area contributed by atoms with Gasteiger partial charge < -0.3 is 4.90 Å². The van der Waals surface area contributed by atoms with Gasteiger partial charge in [0.05, 0.1) is 10.7 Å².